The normalized spacial score (nSPS) is 18.6. The van der Waals surface area contributed by atoms with Gasteiger partial charge in [0.15, 0.2) is 0 Å². The van der Waals surface area contributed by atoms with E-state index in [1.165, 1.54) is 17.7 Å². The lowest BCUT2D eigenvalue weighted by atomic mass is 9.78. The van der Waals surface area contributed by atoms with E-state index in [1.807, 2.05) is 0 Å². The number of hydrogen-bond acceptors (Lipinski definition) is 4. The summed E-state index contributed by atoms with van der Waals surface area (Å²) >= 11 is 4.12. The minimum atomic E-state index is -0.707. The van der Waals surface area contributed by atoms with E-state index in [2.05, 4.69) is 31.8 Å². The summed E-state index contributed by atoms with van der Waals surface area (Å²) in [5.74, 6) is -0.601. The summed E-state index contributed by atoms with van der Waals surface area (Å²) in [5, 5.41) is 2.05. The molecule has 1 heterocycles. The van der Waals surface area contributed by atoms with Gasteiger partial charge in [0.05, 0.1) is 5.25 Å². The van der Waals surface area contributed by atoms with Crippen molar-refractivity contribution in [2.75, 3.05) is 7.05 Å². The highest BCUT2D eigenvalue weighted by molar-refractivity contribution is 7.81. The molecule has 0 aromatic carbocycles. The molecule has 0 saturated carbocycles. The molecule has 134 valence electrons. The summed E-state index contributed by atoms with van der Waals surface area (Å²) in [6.07, 6.45) is 3.17. The van der Waals surface area contributed by atoms with Crippen LogP contribution >= 0.6 is 12.6 Å². The Morgan fingerprint density at radius 1 is 1.22 bits per heavy atom. The van der Waals surface area contributed by atoms with E-state index >= 15 is 0 Å². The highest BCUT2D eigenvalue weighted by Crippen LogP contribution is 2.35. The summed E-state index contributed by atoms with van der Waals surface area (Å²) in [7, 11) is 1.58. The standard InChI is InChI=1S/C13H22N2O3S.C4H10/c1-12(2,11(18)14-5)7-13(3,4)15-9(16)6-8(19)10(15)17;1-3-4-2/h8,19H,6-7H2,1-5H3,(H,14,18);3-4H2,1-2H3. The zero-order valence-corrected chi connectivity index (χ0v) is 16.4. The zero-order valence-electron chi connectivity index (χ0n) is 15.5. The van der Waals surface area contributed by atoms with Crippen molar-refractivity contribution < 1.29 is 14.4 Å². The third-order valence-corrected chi connectivity index (χ3v) is 4.35. The minimum absolute atomic E-state index is 0.109. The van der Waals surface area contributed by atoms with Gasteiger partial charge in [-0.05, 0) is 20.3 Å². The molecule has 1 aliphatic rings. The number of carbonyl (C=O) groups is 3. The molecule has 1 unspecified atom stereocenters. The molecule has 0 aromatic rings. The van der Waals surface area contributed by atoms with Crippen molar-refractivity contribution in [3.05, 3.63) is 0 Å². The van der Waals surface area contributed by atoms with Crippen LogP contribution in [0.25, 0.3) is 0 Å². The number of nitrogens with zero attached hydrogens (tertiary/aromatic N) is 1. The Kier molecular flexibility index (Phi) is 8.32. The van der Waals surface area contributed by atoms with Crippen molar-refractivity contribution in [1.82, 2.24) is 10.2 Å². The molecule has 5 nitrogen and oxygen atoms in total. The Morgan fingerprint density at radius 2 is 1.70 bits per heavy atom. The van der Waals surface area contributed by atoms with Gasteiger partial charge in [0, 0.05) is 24.4 Å². The molecule has 1 rings (SSSR count). The largest absolute Gasteiger partial charge is 0.359 e. The number of rotatable bonds is 5. The maximum absolute atomic E-state index is 12.0. The molecule has 1 saturated heterocycles. The average Bonchev–Trinajstić information content (AvgIpc) is 2.70. The number of nitrogens with one attached hydrogen (secondary N) is 1. The topological polar surface area (TPSA) is 66.5 Å². The van der Waals surface area contributed by atoms with Gasteiger partial charge in [-0.2, -0.15) is 12.6 Å². The van der Waals surface area contributed by atoms with Crippen LogP contribution in [0.15, 0.2) is 0 Å². The van der Waals surface area contributed by atoms with Crippen LogP contribution in [0.2, 0.25) is 0 Å². The van der Waals surface area contributed by atoms with E-state index < -0.39 is 16.2 Å². The van der Waals surface area contributed by atoms with Crippen molar-refractivity contribution >= 4 is 30.4 Å². The van der Waals surface area contributed by atoms with Gasteiger partial charge >= 0.3 is 0 Å². The van der Waals surface area contributed by atoms with Gasteiger partial charge in [0.1, 0.15) is 0 Å². The zero-order chi connectivity index (χ0) is 18.4. The third kappa shape index (κ3) is 5.83. The molecule has 1 aliphatic heterocycles. The fourth-order valence-corrected chi connectivity index (χ4v) is 3.10. The number of thiol groups is 1. The summed E-state index contributed by atoms with van der Waals surface area (Å²) < 4.78 is 0. The van der Waals surface area contributed by atoms with Crippen molar-refractivity contribution in [3.8, 4) is 0 Å². The predicted molar refractivity (Wildman–Crippen MR) is 96.4 cm³/mol. The van der Waals surface area contributed by atoms with Crippen LogP contribution in [0, 0.1) is 5.41 Å². The van der Waals surface area contributed by atoms with E-state index in [9.17, 15) is 14.4 Å². The van der Waals surface area contributed by atoms with E-state index in [1.54, 1.807) is 34.7 Å². The van der Waals surface area contributed by atoms with Crippen LogP contribution < -0.4 is 5.32 Å². The fraction of sp³-hybridized carbons (Fsp3) is 0.824. The van der Waals surface area contributed by atoms with E-state index in [-0.39, 0.29) is 24.1 Å². The van der Waals surface area contributed by atoms with Gasteiger partial charge in [-0.15, -0.1) is 0 Å². The highest BCUT2D eigenvalue weighted by Gasteiger charge is 2.47. The molecule has 0 aromatic heterocycles. The Morgan fingerprint density at radius 3 is 2.00 bits per heavy atom. The number of carbonyl (C=O) groups excluding carboxylic acids is 3. The van der Waals surface area contributed by atoms with Crippen LogP contribution in [0.1, 0.15) is 67.2 Å². The maximum Gasteiger partial charge on any atom is 0.243 e. The molecule has 23 heavy (non-hydrogen) atoms. The number of imide groups is 1. The number of likely N-dealkylation sites (tertiary alicyclic amines) is 1. The predicted octanol–water partition coefficient (Wildman–Crippen LogP) is 2.79. The van der Waals surface area contributed by atoms with Crippen molar-refractivity contribution in [1.29, 1.82) is 0 Å². The molecule has 6 heteroatoms. The van der Waals surface area contributed by atoms with Gasteiger partial charge in [-0.1, -0.05) is 40.5 Å². The van der Waals surface area contributed by atoms with Crippen molar-refractivity contribution in [2.45, 2.75) is 78.0 Å². The van der Waals surface area contributed by atoms with Gasteiger partial charge in [0.2, 0.25) is 17.7 Å². The molecule has 0 bridgehead atoms. The van der Waals surface area contributed by atoms with Gasteiger partial charge in [0.25, 0.3) is 0 Å². The lowest BCUT2D eigenvalue weighted by molar-refractivity contribution is -0.147. The third-order valence-electron chi connectivity index (χ3n) is 3.94. The SMILES string of the molecule is CCCC.CNC(=O)C(C)(C)CC(C)(C)N1C(=O)CC(S)C1=O. The van der Waals surface area contributed by atoms with Gasteiger partial charge in [-0.25, -0.2) is 0 Å². The smallest absolute Gasteiger partial charge is 0.243 e. The van der Waals surface area contributed by atoms with Crippen LogP contribution in [0.3, 0.4) is 0 Å². The molecule has 0 spiro atoms. The first-order valence-electron chi connectivity index (χ1n) is 8.21. The van der Waals surface area contributed by atoms with Gasteiger partial charge < -0.3 is 5.32 Å². The summed E-state index contributed by atoms with van der Waals surface area (Å²) in [4.78, 5) is 37.0. The van der Waals surface area contributed by atoms with Gasteiger partial charge in [-0.3, -0.25) is 19.3 Å². The number of unbranched alkanes of at least 4 members (excludes halogenated alkanes) is 1. The fourth-order valence-electron chi connectivity index (χ4n) is 2.83. The van der Waals surface area contributed by atoms with Crippen LogP contribution in [-0.4, -0.2) is 40.5 Å². The Hall–Kier alpha value is -1.04. The van der Waals surface area contributed by atoms with Crippen molar-refractivity contribution in [2.24, 2.45) is 5.41 Å². The lowest BCUT2D eigenvalue weighted by Crippen LogP contribution is -2.52. The second-order valence-corrected chi connectivity index (χ2v) is 7.86. The number of amides is 3. The van der Waals surface area contributed by atoms with Crippen LogP contribution in [-0.2, 0) is 14.4 Å². The molecule has 1 N–H and O–H groups in total. The quantitative estimate of drug-likeness (QED) is 0.595. The van der Waals surface area contributed by atoms with E-state index in [0.717, 1.165) is 0 Å². The summed E-state index contributed by atoms with van der Waals surface area (Å²) in [5.41, 5.74) is -1.37. The lowest BCUT2D eigenvalue weighted by Gasteiger charge is -2.39. The van der Waals surface area contributed by atoms with E-state index in [0.29, 0.717) is 6.42 Å². The molecular weight excluding hydrogens is 312 g/mol. The van der Waals surface area contributed by atoms with Crippen LogP contribution in [0.5, 0.6) is 0 Å². The first-order chi connectivity index (χ1) is 10.4. The van der Waals surface area contributed by atoms with Crippen LogP contribution in [0.4, 0.5) is 0 Å². The Labute approximate surface area is 146 Å². The number of hydrogen-bond donors (Lipinski definition) is 2. The summed E-state index contributed by atoms with van der Waals surface area (Å²) in [6.45, 7) is 11.6. The second-order valence-electron chi connectivity index (χ2n) is 7.24. The molecule has 0 aliphatic carbocycles. The average molecular weight is 345 g/mol. The Bertz CT molecular complexity index is 445. The maximum atomic E-state index is 12.0. The first-order valence-corrected chi connectivity index (χ1v) is 8.73. The summed E-state index contributed by atoms with van der Waals surface area (Å²) in [6, 6.07) is 0. The molecule has 1 atom stereocenters. The molecule has 0 radical (unpaired) electrons. The highest BCUT2D eigenvalue weighted by atomic mass is 32.1. The van der Waals surface area contributed by atoms with Crippen molar-refractivity contribution in [3.63, 3.8) is 0 Å². The second kappa shape index (κ2) is 8.71. The first kappa shape index (κ1) is 22.0. The molecule has 3 amide bonds. The molecule has 1 fully saturated rings. The molecular formula is C17H32N2O3S. The monoisotopic (exact) mass is 344 g/mol. The Balaban J connectivity index is 0.00000108. The van der Waals surface area contributed by atoms with E-state index in [4.69, 9.17) is 0 Å². The minimum Gasteiger partial charge on any atom is -0.359 e.